The molecule has 0 spiro atoms. The van der Waals surface area contributed by atoms with Crippen LogP contribution in [0.25, 0.3) is 0 Å². The van der Waals surface area contributed by atoms with Crippen molar-refractivity contribution in [3.63, 3.8) is 0 Å². The van der Waals surface area contributed by atoms with Gasteiger partial charge in [0.05, 0.1) is 0 Å². The molecule has 3 N–H and O–H groups in total. The molecule has 0 radical (unpaired) electrons. The molecule has 0 saturated carbocycles. The minimum Gasteiger partial charge on any atom is -0.480 e. The molecule has 1 atom stereocenters. The molecule has 1 aromatic rings. The number of benzene rings is 1. The van der Waals surface area contributed by atoms with Gasteiger partial charge in [0, 0.05) is 13.0 Å². The summed E-state index contributed by atoms with van der Waals surface area (Å²) in [5, 5.41) is 14.6. The second-order valence-electron chi connectivity index (χ2n) is 7.16. The van der Waals surface area contributed by atoms with E-state index >= 15 is 0 Å². The predicted octanol–water partition coefficient (Wildman–Crippen LogP) is 4.90. The molecule has 2 amide bonds. The molecule has 0 aliphatic carbocycles. The Hall–Kier alpha value is -2.04. The maximum Gasteiger partial charge on any atom is 0.326 e. The molecule has 1 unspecified atom stereocenters. The van der Waals surface area contributed by atoms with Gasteiger partial charge in [0.25, 0.3) is 0 Å². The number of rotatable bonds is 15. The van der Waals surface area contributed by atoms with Gasteiger partial charge in [-0.3, -0.25) is 0 Å². The molecule has 0 aromatic heterocycles. The number of carbonyl (C=O) groups is 2. The Morgan fingerprint density at radius 1 is 0.889 bits per heavy atom. The second kappa shape index (κ2) is 15.1. The normalized spacial score (nSPS) is 11.7. The van der Waals surface area contributed by atoms with Crippen LogP contribution in [0, 0.1) is 0 Å². The van der Waals surface area contributed by atoms with Crippen molar-refractivity contribution in [1.82, 2.24) is 10.6 Å². The molecule has 152 valence electrons. The van der Waals surface area contributed by atoms with Gasteiger partial charge in [0.2, 0.25) is 0 Å². The SMILES string of the molecule is CCCCCCCCCCCCNC(=O)NC(Cc1ccccc1)C(=O)O. The van der Waals surface area contributed by atoms with Crippen molar-refractivity contribution in [1.29, 1.82) is 0 Å². The number of carboxylic acid groups (broad SMARTS) is 1. The second-order valence-corrected chi connectivity index (χ2v) is 7.16. The Balaban J connectivity index is 2.07. The quantitative estimate of drug-likeness (QED) is 0.381. The van der Waals surface area contributed by atoms with Crippen LogP contribution in [0.1, 0.15) is 76.7 Å². The minimum atomic E-state index is -1.02. The monoisotopic (exact) mass is 376 g/mol. The molecule has 0 bridgehead atoms. The van der Waals surface area contributed by atoms with Crippen LogP contribution in [-0.2, 0) is 11.2 Å². The van der Waals surface area contributed by atoms with E-state index < -0.39 is 18.0 Å². The van der Waals surface area contributed by atoms with E-state index in [-0.39, 0.29) is 6.42 Å². The molecule has 0 aliphatic rings. The molecule has 0 heterocycles. The van der Waals surface area contributed by atoms with Gasteiger partial charge in [-0.2, -0.15) is 0 Å². The standard InChI is InChI=1S/C22H36N2O3/c1-2-3-4-5-6-7-8-9-10-14-17-23-22(27)24-20(21(25)26)18-19-15-12-11-13-16-19/h11-13,15-16,20H,2-10,14,17-18H2,1H3,(H,25,26)(H2,23,24,27). The van der Waals surface area contributed by atoms with Crippen molar-refractivity contribution < 1.29 is 14.7 Å². The van der Waals surface area contributed by atoms with Gasteiger partial charge in [-0.05, 0) is 12.0 Å². The van der Waals surface area contributed by atoms with Gasteiger partial charge in [-0.25, -0.2) is 9.59 Å². The molecule has 27 heavy (non-hydrogen) atoms. The van der Waals surface area contributed by atoms with Crippen LogP contribution in [0.5, 0.6) is 0 Å². The third-order valence-electron chi connectivity index (χ3n) is 4.70. The van der Waals surface area contributed by atoms with Gasteiger partial charge in [0.15, 0.2) is 0 Å². The lowest BCUT2D eigenvalue weighted by atomic mass is 10.1. The predicted molar refractivity (Wildman–Crippen MR) is 110 cm³/mol. The fourth-order valence-corrected chi connectivity index (χ4v) is 3.07. The molecular formula is C22H36N2O3. The number of nitrogens with one attached hydrogen (secondary N) is 2. The van der Waals surface area contributed by atoms with E-state index in [2.05, 4.69) is 17.6 Å². The zero-order chi connectivity index (χ0) is 19.7. The van der Waals surface area contributed by atoms with Crippen LogP contribution < -0.4 is 10.6 Å². The Labute approximate surface area is 163 Å². The number of aliphatic carboxylic acids is 1. The Morgan fingerprint density at radius 2 is 1.44 bits per heavy atom. The highest BCUT2D eigenvalue weighted by Crippen LogP contribution is 2.10. The molecule has 5 heteroatoms. The highest BCUT2D eigenvalue weighted by molar-refractivity contribution is 5.82. The highest BCUT2D eigenvalue weighted by atomic mass is 16.4. The first-order chi connectivity index (χ1) is 13.1. The molecule has 5 nitrogen and oxygen atoms in total. The van der Waals surface area contributed by atoms with Gasteiger partial charge in [0.1, 0.15) is 6.04 Å². The maximum absolute atomic E-state index is 11.9. The summed E-state index contributed by atoms with van der Waals surface area (Å²) in [5.41, 5.74) is 0.889. The summed E-state index contributed by atoms with van der Waals surface area (Å²) in [6.07, 6.45) is 12.8. The summed E-state index contributed by atoms with van der Waals surface area (Å²) in [6, 6.07) is 8.00. The number of hydrogen-bond acceptors (Lipinski definition) is 2. The Morgan fingerprint density at radius 3 is 2.00 bits per heavy atom. The number of carbonyl (C=O) groups excluding carboxylic acids is 1. The van der Waals surface area contributed by atoms with E-state index in [1.807, 2.05) is 30.3 Å². The van der Waals surface area contributed by atoms with E-state index in [1.165, 1.54) is 51.4 Å². The van der Waals surface area contributed by atoms with Crippen LogP contribution in [0.15, 0.2) is 30.3 Å². The number of unbranched alkanes of at least 4 members (excludes halogenated alkanes) is 9. The van der Waals surface area contributed by atoms with Crippen molar-refractivity contribution in [3.8, 4) is 0 Å². The molecule has 0 aliphatic heterocycles. The minimum absolute atomic E-state index is 0.280. The van der Waals surface area contributed by atoms with E-state index in [0.717, 1.165) is 18.4 Å². The number of urea groups is 1. The Bertz CT molecular complexity index is 520. The van der Waals surface area contributed by atoms with Crippen molar-refractivity contribution in [2.75, 3.05) is 6.54 Å². The molecule has 0 fully saturated rings. The van der Waals surface area contributed by atoms with E-state index in [9.17, 15) is 14.7 Å². The van der Waals surface area contributed by atoms with Gasteiger partial charge >= 0.3 is 12.0 Å². The number of hydrogen-bond donors (Lipinski definition) is 3. The van der Waals surface area contributed by atoms with Crippen molar-refractivity contribution >= 4 is 12.0 Å². The lowest BCUT2D eigenvalue weighted by Gasteiger charge is -2.15. The van der Waals surface area contributed by atoms with Crippen LogP contribution in [0.2, 0.25) is 0 Å². The zero-order valence-electron chi connectivity index (χ0n) is 16.7. The lowest BCUT2D eigenvalue weighted by Crippen LogP contribution is -2.47. The summed E-state index contributed by atoms with van der Waals surface area (Å²) >= 11 is 0. The number of carboxylic acids is 1. The van der Waals surface area contributed by atoms with Crippen LogP contribution in [0.3, 0.4) is 0 Å². The van der Waals surface area contributed by atoms with Gasteiger partial charge < -0.3 is 15.7 Å². The summed E-state index contributed by atoms with van der Waals surface area (Å²) < 4.78 is 0. The van der Waals surface area contributed by atoms with E-state index in [0.29, 0.717) is 6.54 Å². The van der Waals surface area contributed by atoms with E-state index in [4.69, 9.17) is 0 Å². The average molecular weight is 377 g/mol. The molecule has 0 saturated heterocycles. The summed E-state index contributed by atoms with van der Waals surface area (Å²) in [4.78, 5) is 23.3. The molecular weight excluding hydrogens is 340 g/mol. The smallest absolute Gasteiger partial charge is 0.326 e. The van der Waals surface area contributed by atoms with Gasteiger partial charge in [-0.15, -0.1) is 0 Å². The van der Waals surface area contributed by atoms with Crippen LogP contribution in [0.4, 0.5) is 4.79 Å². The first kappa shape index (κ1) is 23.0. The summed E-state index contributed by atoms with van der Waals surface area (Å²) in [7, 11) is 0. The van der Waals surface area contributed by atoms with Crippen molar-refractivity contribution in [3.05, 3.63) is 35.9 Å². The fraction of sp³-hybridized carbons (Fsp3) is 0.636. The van der Waals surface area contributed by atoms with E-state index in [1.54, 1.807) is 0 Å². The average Bonchev–Trinajstić information content (AvgIpc) is 2.66. The fourth-order valence-electron chi connectivity index (χ4n) is 3.07. The molecule has 1 aromatic carbocycles. The first-order valence-corrected chi connectivity index (χ1v) is 10.4. The third-order valence-corrected chi connectivity index (χ3v) is 4.70. The highest BCUT2D eigenvalue weighted by Gasteiger charge is 2.19. The summed E-state index contributed by atoms with van der Waals surface area (Å²) in [6.45, 7) is 2.82. The Kier molecular flexibility index (Phi) is 12.8. The largest absolute Gasteiger partial charge is 0.480 e. The number of amides is 2. The van der Waals surface area contributed by atoms with Crippen molar-refractivity contribution in [2.24, 2.45) is 0 Å². The lowest BCUT2D eigenvalue weighted by molar-refractivity contribution is -0.139. The maximum atomic E-state index is 11.9. The first-order valence-electron chi connectivity index (χ1n) is 10.4. The topological polar surface area (TPSA) is 78.4 Å². The summed E-state index contributed by atoms with van der Waals surface area (Å²) in [5.74, 6) is -1.02. The molecule has 1 rings (SSSR count). The third kappa shape index (κ3) is 12.1. The zero-order valence-corrected chi connectivity index (χ0v) is 16.7. The van der Waals surface area contributed by atoms with Gasteiger partial charge in [-0.1, -0.05) is 95.0 Å². The van der Waals surface area contributed by atoms with Crippen LogP contribution in [-0.4, -0.2) is 29.7 Å². The van der Waals surface area contributed by atoms with Crippen LogP contribution >= 0.6 is 0 Å². The van der Waals surface area contributed by atoms with Crippen molar-refractivity contribution in [2.45, 2.75) is 83.6 Å².